The monoisotopic (exact) mass is 312 g/mol. The van der Waals surface area contributed by atoms with Crippen LogP contribution in [0.3, 0.4) is 0 Å². The number of fused-ring (bicyclic) bond motifs is 2. The van der Waals surface area contributed by atoms with Crippen LogP contribution in [-0.4, -0.2) is 41.2 Å². The van der Waals surface area contributed by atoms with Crippen molar-refractivity contribution in [2.75, 3.05) is 11.4 Å². The number of imidazole rings is 1. The zero-order valence-electron chi connectivity index (χ0n) is 13.6. The Morgan fingerprint density at radius 2 is 2.13 bits per heavy atom. The average molecular weight is 312 g/mol. The molecule has 0 spiro atoms. The summed E-state index contributed by atoms with van der Waals surface area (Å²) in [4.78, 5) is 18.3. The Kier molecular flexibility index (Phi) is 3.24. The molecule has 1 aliphatic heterocycles. The van der Waals surface area contributed by atoms with Gasteiger partial charge in [-0.15, -0.1) is 10.2 Å². The van der Waals surface area contributed by atoms with Gasteiger partial charge >= 0.3 is 0 Å². The highest BCUT2D eigenvalue weighted by atomic mass is 15.4. The second kappa shape index (κ2) is 5.29. The zero-order chi connectivity index (χ0) is 16.0. The van der Waals surface area contributed by atoms with E-state index in [1.807, 2.05) is 6.92 Å². The fraction of sp³-hybridized carbons (Fsp3) is 0.533. The molecule has 0 bridgehead atoms. The van der Waals surface area contributed by atoms with Crippen molar-refractivity contribution in [1.29, 1.82) is 0 Å². The number of anilines is 1. The number of aryl methyl sites for hydroxylation is 1. The number of aromatic nitrogens is 7. The fourth-order valence-corrected chi connectivity index (χ4v) is 3.44. The predicted octanol–water partition coefficient (Wildman–Crippen LogP) is 1.86. The van der Waals surface area contributed by atoms with Gasteiger partial charge in [-0.25, -0.2) is 15.0 Å². The second-order valence-electron chi connectivity index (χ2n) is 6.50. The van der Waals surface area contributed by atoms with Gasteiger partial charge in [-0.1, -0.05) is 13.8 Å². The number of rotatable bonds is 3. The summed E-state index contributed by atoms with van der Waals surface area (Å²) in [6.07, 6.45) is 4.31. The highest BCUT2D eigenvalue weighted by Gasteiger charge is 2.30. The molecule has 0 radical (unpaired) electrons. The molecule has 0 aromatic carbocycles. The summed E-state index contributed by atoms with van der Waals surface area (Å²) in [7, 11) is 0. The summed E-state index contributed by atoms with van der Waals surface area (Å²) >= 11 is 0. The van der Waals surface area contributed by atoms with E-state index in [1.165, 1.54) is 0 Å². The Bertz CT molecular complexity index is 833. The van der Waals surface area contributed by atoms with Gasteiger partial charge < -0.3 is 14.5 Å². The molecule has 8 heteroatoms. The van der Waals surface area contributed by atoms with Crippen molar-refractivity contribution in [2.45, 2.75) is 39.8 Å². The number of nitrogens with one attached hydrogen (secondary N) is 1. The minimum atomic E-state index is 0.349. The van der Waals surface area contributed by atoms with Crippen molar-refractivity contribution in [3.05, 3.63) is 24.3 Å². The van der Waals surface area contributed by atoms with Crippen molar-refractivity contribution in [3.8, 4) is 0 Å². The van der Waals surface area contributed by atoms with Crippen LogP contribution in [0.25, 0.3) is 11.2 Å². The third kappa shape index (κ3) is 2.34. The second-order valence-corrected chi connectivity index (χ2v) is 6.50. The molecular weight excluding hydrogens is 292 g/mol. The third-order valence-corrected chi connectivity index (χ3v) is 4.31. The Balaban J connectivity index is 1.75. The van der Waals surface area contributed by atoms with E-state index in [1.54, 1.807) is 12.7 Å². The maximum atomic E-state index is 4.48. The summed E-state index contributed by atoms with van der Waals surface area (Å²) in [6.45, 7) is 8.10. The van der Waals surface area contributed by atoms with Crippen LogP contribution in [0.15, 0.2) is 12.7 Å². The zero-order valence-corrected chi connectivity index (χ0v) is 13.6. The Morgan fingerprint density at radius 1 is 1.26 bits per heavy atom. The van der Waals surface area contributed by atoms with Gasteiger partial charge in [-0.05, 0) is 19.3 Å². The lowest BCUT2D eigenvalue weighted by molar-refractivity contribution is 0.357. The number of nitrogens with zero attached hydrogens (tertiary/aromatic N) is 7. The van der Waals surface area contributed by atoms with E-state index in [4.69, 9.17) is 0 Å². The molecule has 3 aromatic rings. The smallest absolute Gasteiger partial charge is 0.182 e. The molecule has 23 heavy (non-hydrogen) atoms. The van der Waals surface area contributed by atoms with E-state index < -0.39 is 0 Å². The van der Waals surface area contributed by atoms with Gasteiger partial charge in [0.1, 0.15) is 17.7 Å². The molecule has 3 aromatic heterocycles. The normalized spacial score (nSPS) is 17.9. The molecule has 0 amide bonds. The van der Waals surface area contributed by atoms with Crippen molar-refractivity contribution in [3.63, 3.8) is 0 Å². The highest BCUT2D eigenvalue weighted by Crippen LogP contribution is 2.31. The Labute approximate surface area is 134 Å². The summed E-state index contributed by atoms with van der Waals surface area (Å²) in [5, 5.41) is 8.63. The minimum Gasteiger partial charge on any atom is -0.345 e. The first-order valence-corrected chi connectivity index (χ1v) is 7.93. The Hall–Kier alpha value is -2.51. The molecule has 0 unspecified atom stereocenters. The van der Waals surface area contributed by atoms with E-state index in [0.717, 1.165) is 35.9 Å². The van der Waals surface area contributed by atoms with Gasteiger partial charge in [-0.3, -0.25) is 0 Å². The molecule has 0 fully saturated rings. The number of hydrogen-bond donors (Lipinski definition) is 1. The van der Waals surface area contributed by atoms with Gasteiger partial charge in [0, 0.05) is 6.54 Å². The van der Waals surface area contributed by atoms with Gasteiger partial charge in [-0.2, -0.15) is 0 Å². The minimum absolute atomic E-state index is 0.349. The van der Waals surface area contributed by atoms with Crippen LogP contribution in [0.5, 0.6) is 0 Å². The SMILES string of the molecule is Cc1nnc2n1[C@@H](CC(C)C)CN(c1ncnc3nc[nH]c13)C2. The first kappa shape index (κ1) is 14.1. The maximum absolute atomic E-state index is 4.48. The van der Waals surface area contributed by atoms with Crippen molar-refractivity contribution >= 4 is 17.0 Å². The van der Waals surface area contributed by atoms with E-state index in [9.17, 15) is 0 Å². The molecule has 1 N–H and O–H groups in total. The van der Waals surface area contributed by atoms with Crippen molar-refractivity contribution in [1.82, 2.24) is 34.7 Å². The topological polar surface area (TPSA) is 88.4 Å². The highest BCUT2D eigenvalue weighted by molar-refractivity contribution is 5.82. The average Bonchev–Trinajstić information content (AvgIpc) is 3.13. The molecule has 8 nitrogen and oxygen atoms in total. The number of H-pyrrole nitrogens is 1. The lowest BCUT2D eigenvalue weighted by Gasteiger charge is -2.35. The lowest BCUT2D eigenvalue weighted by Crippen LogP contribution is -2.39. The van der Waals surface area contributed by atoms with Crippen LogP contribution in [0, 0.1) is 12.8 Å². The van der Waals surface area contributed by atoms with E-state index in [-0.39, 0.29) is 0 Å². The molecule has 0 saturated carbocycles. The molecule has 120 valence electrons. The molecule has 0 saturated heterocycles. The largest absolute Gasteiger partial charge is 0.345 e. The van der Waals surface area contributed by atoms with Crippen LogP contribution in [0.4, 0.5) is 5.82 Å². The Morgan fingerprint density at radius 3 is 2.96 bits per heavy atom. The summed E-state index contributed by atoms with van der Waals surface area (Å²) in [5.41, 5.74) is 1.57. The van der Waals surface area contributed by atoms with Crippen LogP contribution < -0.4 is 4.90 Å². The molecule has 4 heterocycles. The maximum Gasteiger partial charge on any atom is 0.182 e. The summed E-state index contributed by atoms with van der Waals surface area (Å²) in [5.74, 6) is 3.46. The third-order valence-electron chi connectivity index (χ3n) is 4.31. The van der Waals surface area contributed by atoms with Crippen molar-refractivity contribution in [2.24, 2.45) is 5.92 Å². The molecule has 4 rings (SSSR count). The van der Waals surface area contributed by atoms with E-state index in [2.05, 4.69) is 53.4 Å². The first-order chi connectivity index (χ1) is 11.1. The van der Waals surface area contributed by atoms with Crippen LogP contribution in [0.1, 0.15) is 38.0 Å². The van der Waals surface area contributed by atoms with Gasteiger partial charge in [0.15, 0.2) is 17.3 Å². The van der Waals surface area contributed by atoms with Crippen LogP contribution in [0.2, 0.25) is 0 Å². The van der Waals surface area contributed by atoms with Crippen molar-refractivity contribution < 1.29 is 0 Å². The molecule has 0 aliphatic carbocycles. The van der Waals surface area contributed by atoms with Gasteiger partial charge in [0.05, 0.1) is 18.9 Å². The molecular formula is C15H20N8. The quantitative estimate of drug-likeness (QED) is 0.794. The lowest BCUT2D eigenvalue weighted by atomic mass is 10.0. The van der Waals surface area contributed by atoms with Crippen LogP contribution in [-0.2, 0) is 6.54 Å². The predicted molar refractivity (Wildman–Crippen MR) is 86.0 cm³/mol. The van der Waals surface area contributed by atoms with E-state index in [0.29, 0.717) is 24.2 Å². The van der Waals surface area contributed by atoms with Gasteiger partial charge in [0.25, 0.3) is 0 Å². The number of hydrogen-bond acceptors (Lipinski definition) is 6. The number of aromatic amines is 1. The first-order valence-electron chi connectivity index (χ1n) is 7.93. The fourth-order valence-electron chi connectivity index (χ4n) is 3.44. The molecule has 1 atom stereocenters. The summed E-state index contributed by atoms with van der Waals surface area (Å²) < 4.78 is 2.28. The molecule has 1 aliphatic rings. The van der Waals surface area contributed by atoms with Gasteiger partial charge in [0.2, 0.25) is 0 Å². The summed E-state index contributed by atoms with van der Waals surface area (Å²) in [6, 6.07) is 0.349. The van der Waals surface area contributed by atoms with E-state index >= 15 is 0 Å². The van der Waals surface area contributed by atoms with Crippen LogP contribution >= 0.6 is 0 Å². The standard InChI is InChI=1S/C15H20N8/c1-9(2)4-11-5-22(6-12-21-20-10(3)23(11)12)15-13-14(17-7-16-13)18-8-19-15/h7-9,11H,4-6H2,1-3H3,(H,16,17,18,19)/t11-/m0/s1.